The molecule has 0 saturated carbocycles. The molecule has 0 bridgehead atoms. The minimum absolute atomic E-state index is 0.160. The Morgan fingerprint density at radius 1 is 1.17 bits per heavy atom. The Morgan fingerprint density at radius 3 is 2.17 bits per heavy atom. The predicted octanol–water partition coefficient (Wildman–Crippen LogP) is 3.00. The van der Waals surface area contributed by atoms with Gasteiger partial charge in [-0.3, -0.25) is 14.5 Å². The lowest BCUT2D eigenvalue weighted by Gasteiger charge is -2.17. The number of aliphatic hydroxyl groups is 1. The Morgan fingerprint density at radius 2 is 1.72 bits per heavy atom. The van der Waals surface area contributed by atoms with Gasteiger partial charge in [-0.05, 0) is 12.1 Å². The number of amides is 1. The molecule has 2 rings (SSSR count). The molecule has 0 atom stereocenters. The molecule has 94 valence electrons. The van der Waals surface area contributed by atoms with Gasteiger partial charge in [-0.2, -0.15) is 0 Å². The number of aliphatic hydroxyl groups excluding tert-OH is 1. The molecule has 1 aromatic carbocycles. The van der Waals surface area contributed by atoms with Crippen molar-refractivity contribution in [1.82, 2.24) is 0 Å². The third-order valence-corrected chi connectivity index (χ3v) is 3.25. The monoisotopic (exact) mass is 305 g/mol. The molecule has 1 aliphatic rings. The van der Waals surface area contributed by atoms with E-state index >= 15 is 0 Å². The molecular weight excluding hydrogens is 300 g/mol. The van der Waals surface area contributed by atoms with Crippen molar-refractivity contribution in [1.29, 1.82) is 0 Å². The highest BCUT2D eigenvalue weighted by atomic mass is 35.5. The molecule has 0 unspecified atom stereocenters. The molecule has 1 amide bonds. The van der Waals surface area contributed by atoms with Gasteiger partial charge in [0.15, 0.2) is 5.78 Å². The lowest BCUT2D eigenvalue weighted by Crippen LogP contribution is -2.25. The molecule has 1 aromatic rings. The van der Waals surface area contributed by atoms with E-state index in [1.54, 1.807) is 0 Å². The van der Waals surface area contributed by atoms with Crippen LogP contribution in [0, 0.1) is 0 Å². The Kier molecular flexibility index (Phi) is 3.52. The summed E-state index contributed by atoms with van der Waals surface area (Å²) in [6.45, 7) is -0.216. The van der Waals surface area contributed by atoms with E-state index in [1.807, 2.05) is 0 Å². The number of hydrogen-bond donors (Lipinski definition) is 1. The van der Waals surface area contributed by atoms with E-state index in [-0.39, 0.29) is 27.9 Å². The topological polar surface area (TPSA) is 57.6 Å². The van der Waals surface area contributed by atoms with Gasteiger partial charge in [0.1, 0.15) is 5.57 Å². The number of carbonyl (C=O) groups is 2. The molecule has 0 aliphatic carbocycles. The summed E-state index contributed by atoms with van der Waals surface area (Å²) >= 11 is 17.7. The second-order valence-corrected chi connectivity index (χ2v) is 4.83. The first-order valence-corrected chi connectivity index (χ1v) is 5.93. The van der Waals surface area contributed by atoms with Gasteiger partial charge in [-0.25, -0.2) is 0 Å². The summed E-state index contributed by atoms with van der Waals surface area (Å²) in [5, 5.41) is 9.48. The summed E-state index contributed by atoms with van der Waals surface area (Å²) in [7, 11) is 0. The molecule has 1 heterocycles. The van der Waals surface area contributed by atoms with Gasteiger partial charge < -0.3 is 5.11 Å². The van der Waals surface area contributed by atoms with E-state index in [0.717, 1.165) is 4.90 Å². The van der Waals surface area contributed by atoms with Gasteiger partial charge >= 0.3 is 0 Å². The van der Waals surface area contributed by atoms with Crippen LogP contribution < -0.4 is 4.90 Å². The van der Waals surface area contributed by atoms with E-state index in [1.165, 1.54) is 12.1 Å². The van der Waals surface area contributed by atoms with Gasteiger partial charge in [0.25, 0.3) is 5.91 Å². The molecular formula is C11H6Cl3NO3. The third-order valence-electron chi connectivity index (χ3n) is 2.46. The molecule has 1 saturated heterocycles. The second-order valence-electron chi connectivity index (χ2n) is 3.58. The number of carbonyl (C=O) groups excluding carboxylic acids is 2. The van der Waals surface area contributed by atoms with Crippen LogP contribution in [0.15, 0.2) is 24.0 Å². The molecule has 0 aromatic heterocycles. The average molecular weight is 307 g/mol. The molecule has 1 N–H and O–H groups in total. The highest BCUT2D eigenvalue weighted by Gasteiger charge is 2.36. The van der Waals surface area contributed by atoms with Crippen molar-refractivity contribution in [3.05, 3.63) is 39.0 Å². The fourth-order valence-corrected chi connectivity index (χ4v) is 2.69. The summed E-state index contributed by atoms with van der Waals surface area (Å²) in [5.41, 5.74) is -0.0879. The van der Waals surface area contributed by atoms with Crippen LogP contribution in [0.1, 0.15) is 0 Å². The van der Waals surface area contributed by atoms with Crippen molar-refractivity contribution in [2.75, 3.05) is 11.4 Å². The zero-order valence-electron chi connectivity index (χ0n) is 8.78. The van der Waals surface area contributed by atoms with Gasteiger partial charge in [-0.1, -0.05) is 34.8 Å². The van der Waals surface area contributed by atoms with E-state index < -0.39 is 11.7 Å². The smallest absolute Gasteiger partial charge is 0.265 e. The van der Waals surface area contributed by atoms with Crippen molar-refractivity contribution in [3.63, 3.8) is 0 Å². The number of ketones is 1. The normalized spacial score (nSPS) is 17.9. The number of rotatable bonds is 1. The van der Waals surface area contributed by atoms with Gasteiger partial charge in [0.2, 0.25) is 0 Å². The van der Waals surface area contributed by atoms with Crippen molar-refractivity contribution < 1.29 is 14.7 Å². The number of halogens is 3. The lowest BCUT2D eigenvalue weighted by atomic mass is 10.2. The lowest BCUT2D eigenvalue weighted by molar-refractivity contribution is -0.116. The Bertz CT molecular complexity index is 560. The quantitative estimate of drug-likeness (QED) is 0.493. The first-order valence-electron chi connectivity index (χ1n) is 4.79. The number of benzene rings is 1. The van der Waals surface area contributed by atoms with E-state index in [2.05, 4.69) is 0 Å². The molecule has 0 spiro atoms. The van der Waals surface area contributed by atoms with Crippen LogP contribution >= 0.6 is 34.8 Å². The largest absolute Gasteiger partial charge is 0.515 e. The average Bonchev–Trinajstić information content (AvgIpc) is 2.53. The first-order chi connectivity index (χ1) is 8.45. The molecule has 1 aliphatic heterocycles. The number of nitrogens with zero attached hydrogens (tertiary/aromatic N) is 1. The molecule has 0 radical (unpaired) electrons. The molecule has 18 heavy (non-hydrogen) atoms. The third kappa shape index (κ3) is 2.07. The SMILES string of the molecule is O=C1CN(c2c(Cl)cc(Cl)cc2Cl)C(=O)/C1=C/O. The van der Waals surface area contributed by atoms with Crippen molar-refractivity contribution in [2.24, 2.45) is 0 Å². The summed E-state index contributed by atoms with van der Waals surface area (Å²) in [6, 6.07) is 2.84. The van der Waals surface area contributed by atoms with Crippen molar-refractivity contribution in [2.45, 2.75) is 0 Å². The number of anilines is 1. The van der Waals surface area contributed by atoms with E-state index in [9.17, 15) is 9.59 Å². The fourth-order valence-electron chi connectivity index (χ4n) is 1.67. The second kappa shape index (κ2) is 4.80. The van der Waals surface area contributed by atoms with Crippen LogP contribution in [-0.4, -0.2) is 23.3 Å². The maximum Gasteiger partial charge on any atom is 0.265 e. The molecule has 7 heteroatoms. The Hall–Kier alpha value is -1.23. The predicted molar refractivity (Wildman–Crippen MR) is 69.5 cm³/mol. The number of hydrogen-bond acceptors (Lipinski definition) is 3. The highest BCUT2D eigenvalue weighted by Crippen LogP contribution is 2.38. The van der Waals surface area contributed by atoms with Gasteiger partial charge in [0, 0.05) is 5.02 Å². The van der Waals surface area contributed by atoms with Crippen LogP contribution in [0.25, 0.3) is 0 Å². The minimum atomic E-state index is -0.645. The van der Waals surface area contributed by atoms with Crippen molar-refractivity contribution >= 4 is 52.2 Å². The Balaban J connectivity index is 2.52. The fraction of sp³-hybridized carbons (Fsp3) is 0.0909. The maximum absolute atomic E-state index is 11.9. The van der Waals surface area contributed by atoms with Crippen LogP contribution in [0.2, 0.25) is 15.1 Å². The molecule has 4 nitrogen and oxygen atoms in total. The molecule has 1 fully saturated rings. The first kappa shape index (κ1) is 13.2. The van der Waals surface area contributed by atoms with E-state index in [0.29, 0.717) is 11.3 Å². The van der Waals surface area contributed by atoms with Crippen molar-refractivity contribution in [3.8, 4) is 0 Å². The van der Waals surface area contributed by atoms with Gasteiger partial charge in [-0.15, -0.1) is 0 Å². The van der Waals surface area contributed by atoms with Crippen LogP contribution in [-0.2, 0) is 9.59 Å². The maximum atomic E-state index is 11.9. The van der Waals surface area contributed by atoms with Crippen LogP contribution in [0.5, 0.6) is 0 Å². The standard InChI is InChI=1S/C11H6Cl3NO3/c12-5-1-7(13)10(8(14)2-5)15-3-9(17)6(4-16)11(15)18/h1-2,4,16H,3H2/b6-4+. The van der Waals surface area contributed by atoms with Gasteiger partial charge in [0.05, 0.1) is 28.5 Å². The van der Waals surface area contributed by atoms with E-state index in [4.69, 9.17) is 39.9 Å². The summed E-state index contributed by atoms with van der Waals surface area (Å²) in [6.07, 6.45) is 0.488. The van der Waals surface area contributed by atoms with Crippen LogP contribution in [0.3, 0.4) is 0 Å². The zero-order chi connectivity index (χ0) is 13.4. The minimum Gasteiger partial charge on any atom is -0.515 e. The van der Waals surface area contributed by atoms with Crippen LogP contribution in [0.4, 0.5) is 5.69 Å². The zero-order valence-corrected chi connectivity index (χ0v) is 11.1. The number of Topliss-reactive ketones (excluding diaryl/α,β-unsaturated/α-hetero) is 1. The Labute approximate surface area is 117 Å². The highest BCUT2D eigenvalue weighted by molar-refractivity contribution is 6.44. The summed E-state index contributed by atoms with van der Waals surface area (Å²) in [5.74, 6) is -1.14. The summed E-state index contributed by atoms with van der Waals surface area (Å²) < 4.78 is 0. The summed E-state index contributed by atoms with van der Waals surface area (Å²) in [4.78, 5) is 24.5.